The fourth-order valence-corrected chi connectivity index (χ4v) is 3.80. The molecule has 15 heteroatoms. The van der Waals surface area contributed by atoms with Crippen molar-refractivity contribution in [2.75, 3.05) is 11.9 Å². The quantitative estimate of drug-likeness (QED) is 0.280. The summed E-state index contributed by atoms with van der Waals surface area (Å²) >= 11 is 6.11. The van der Waals surface area contributed by atoms with Gasteiger partial charge in [0.05, 0.1) is 24.7 Å². The molecule has 4 heterocycles. The van der Waals surface area contributed by atoms with Crippen molar-refractivity contribution in [2.45, 2.75) is 19.1 Å². The highest BCUT2D eigenvalue weighted by Gasteiger charge is 2.31. The highest BCUT2D eigenvalue weighted by molar-refractivity contribution is 6.31. The summed E-state index contributed by atoms with van der Waals surface area (Å²) < 4.78 is 38.5. The van der Waals surface area contributed by atoms with E-state index in [9.17, 15) is 18.4 Å². The molecule has 5 rings (SSSR count). The molecule has 1 amide bonds. The maximum absolute atomic E-state index is 13.1. The number of cyclic esters (lactones) is 1. The van der Waals surface area contributed by atoms with E-state index in [0.717, 1.165) is 0 Å². The molecule has 1 aliphatic heterocycles. The second-order valence-corrected chi connectivity index (χ2v) is 7.80. The third-order valence-electron chi connectivity index (χ3n) is 5.14. The van der Waals surface area contributed by atoms with Crippen LogP contribution in [0.5, 0.6) is 5.75 Å². The Morgan fingerprint density at radius 2 is 2.16 bits per heavy atom. The first-order chi connectivity index (χ1) is 17.8. The first kappa shape index (κ1) is 25.5. The van der Waals surface area contributed by atoms with E-state index < -0.39 is 24.5 Å². The topological polar surface area (TPSA) is 150 Å². The van der Waals surface area contributed by atoms with Crippen molar-refractivity contribution in [1.29, 1.82) is 0 Å². The van der Waals surface area contributed by atoms with Gasteiger partial charge in [0.1, 0.15) is 17.0 Å². The fourth-order valence-electron chi connectivity index (χ4n) is 3.63. The summed E-state index contributed by atoms with van der Waals surface area (Å²) in [5.74, 6) is -1.26. The number of rotatable bonds is 6. The second-order valence-electron chi connectivity index (χ2n) is 7.37. The maximum atomic E-state index is 13.1. The van der Waals surface area contributed by atoms with Gasteiger partial charge < -0.3 is 19.9 Å². The molecule has 1 fully saturated rings. The number of carboxylic acid groups (broad SMARTS) is 1. The Bertz CT molecular complexity index is 1460. The van der Waals surface area contributed by atoms with Crippen molar-refractivity contribution in [2.24, 2.45) is 0 Å². The molecule has 1 atom stereocenters. The number of fused-ring (bicyclic) bond motifs is 1. The second kappa shape index (κ2) is 11.0. The Kier molecular flexibility index (Phi) is 7.57. The molecule has 1 unspecified atom stereocenters. The van der Waals surface area contributed by atoms with Crippen LogP contribution in [0.1, 0.15) is 22.8 Å². The van der Waals surface area contributed by atoms with Gasteiger partial charge in [0.2, 0.25) is 0 Å². The summed E-state index contributed by atoms with van der Waals surface area (Å²) in [6.07, 6.45) is 6.29. The van der Waals surface area contributed by atoms with Crippen LogP contribution >= 0.6 is 11.6 Å². The van der Waals surface area contributed by atoms with Crippen molar-refractivity contribution in [3.8, 4) is 17.0 Å². The lowest BCUT2D eigenvalue weighted by molar-refractivity contribution is -0.140. The molecule has 0 saturated carbocycles. The van der Waals surface area contributed by atoms with Crippen LogP contribution in [-0.2, 0) is 14.3 Å². The van der Waals surface area contributed by atoms with Crippen molar-refractivity contribution in [1.82, 2.24) is 24.4 Å². The van der Waals surface area contributed by atoms with Crippen molar-refractivity contribution < 1.29 is 37.7 Å². The number of carbonyl (C=O) groups excluding carboxylic acids is 2. The number of hydrogen-bond acceptors (Lipinski definition) is 8. The fraction of sp³-hybridized carbons (Fsp3) is 0.182. The average molecular weight is 535 g/mol. The lowest BCUT2D eigenvalue weighted by Crippen LogP contribution is -2.15. The van der Waals surface area contributed by atoms with E-state index >= 15 is 0 Å². The van der Waals surface area contributed by atoms with E-state index in [0.29, 0.717) is 12.1 Å². The van der Waals surface area contributed by atoms with Crippen LogP contribution in [0, 0.1) is 0 Å². The monoisotopic (exact) mass is 534 g/mol. The number of hydrogen-bond donors (Lipinski definition) is 2. The van der Waals surface area contributed by atoms with Crippen LogP contribution in [0.2, 0.25) is 5.02 Å². The molecule has 3 aromatic heterocycles. The van der Waals surface area contributed by atoms with Crippen LogP contribution in [0.15, 0.2) is 49.1 Å². The molecule has 0 spiro atoms. The predicted octanol–water partition coefficient (Wildman–Crippen LogP) is 3.29. The largest absolute Gasteiger partial charge is 0.483 e. The van der Waals surface area contributed by atoms with E-state index in [4.69, 9.17) is 26.2 Å². The Morgan fingerprint density at radius 3 is 2.86 bits per heavy atom. The van der Waals surface area contributed by atoms with E-state index in [1.165, 1.54) is 46.0 Å². The molecule has 4 aromatic rings. The Balaban J connectivity index is 0.00000102. The lowest BCUT2D eigenvalue weighted by Gasteiger charge is -2.11. The van der Waals surface area contributed by atoms with Gasteiger partial charge in [-0.15, -0.1) is 0 Å². The standard InChI is InChI=1S/C21H15ClF2N6O4.CH2O2/c22-11-2-3-16(34-21(23)24)12(8-11)17-14(10-30(28-17)15-4-7-33-20(15)32)27-19(31)13-9-26-29-6-1-5-25-18(13)29;2-1-3/h1-3,5-6,8-10,15,21H,4,7H2,(H,27,31);1H,(H,2,3). The minimum Gasteiger partial charge on any atom is -0.483 e. The maximum Gasteiger partial charge on any atom is 0.387 e. The van der Waals surface area contributed by atoms with E-state index in [-0.39, 0.29) is 46.4 Å². The molecular weight excluding hydrogens is 518 g/mol. The van der Waals surface area contributed by atoms with Crippen molar-refractivity contribution in [3.63, 3.8) is 0 Å². The van der Waals surface area contributed by atoms with Crippen molar-refractivity contribution >= 4 is 41.3 Å². The van der Waals surface area contributed by atoms with Crippen LogP contribution in [0.25, 0.3) is 16.9 Å². The molecule has 37 heavy (non-hydrogen) atoms. The number of esters is 1. The molecule has 0 radical (unpaired) electrons. The normalized spacial score (nSPS) is 14.7. The van der Waals surface area contributed by atoms with Gasteiger partial charge >= 0.3 is 12.6 Å². The third kappa shape index (κ3) is 5.48. The van der Waals surface area contributed by atoms with Gasteiger partial charge in [-0.2, -0.15) is 19.0 Å². The van der Waals surface area contributed by atoms with Crippen LogP contribution in [0.3, 0.4) is 0 Å². The van der Waals surface area contributed by atoms with Crippen molar-refractivity contribution in [3.05, 3.63) is 59.6 Å². The zero-order valence-electron chi connectivity index (χ0n) is 18.6. The molecule has 1 aromatic carbocycles. The number of carbonyl (C=O) groups is 3. The van der Waals surface area contributed by atoms with Gasteiger partial charge in [-0.1, -0.05) is 11.6 Å². The number of benzene rings is 1. The number of amides is 1. The highest BCUT2D eigenvalue weighted by atomic mass is 35.5. The van der Waals surface area contributed by atoms with Gasteiger partial charge in [0, 0.05) is 29.4 Å². The van der Waals surface area contributed by atoms with Gasteiger partial charge in [-0.3, -0.25) is 14.3 Å². The Morgan fingerprint density at radius 1 is 1.38 bits per heavy atom. The first-order valence-corrected chi connectivity index (χ1v) is 10.9. The molecule has 1 saturated heterocycles. The summed E-state index contributed by atoms with van der Waals surface area (Å²) in [7, 11) is 0. The summed E-state index contributed by atoms with van der Waals surface area (Å²) in [6, 6.07) is 4.96. The van der Waals surface area contributed by atoms with E-state index in [2.05, 4.69) is 25.2 Å². The third-order valence-corrected chi connectivity index (χ3v) is 5.38. The zero-order valence-corrected chi connectivity index (χ0v) is 19.4. The van der Waals surface area contributed by atoms with E-state index in [1.54, 1.807) is 12.3 Å². The zero-order chi connectivity index (χ0) is 26.5. The smallest absolute Gasteiger partial charge is 0.387 e. The lowest BCUT2D eigenvalue weighted by atomic mass is 10.1. The van der Waals surface area contributed by atoms with Crippen LogP contribution in [-0.4, -0.2) is 61.1 Å². The summed E-state index contributed by atoms with van der Waals surface area (Å²) in [4.78, 5) is 37.7. The number of alkyl halides is 2. The van der Waals surface area contributed by atoms with Gasteiger partial charge in [0.25, 0.3) is 12.4 Å². The number of nitrogens with one attached hydrogen (secondary N) is 1. The number of halogens is 3. The minimum atomic E-state index is -3.10. The first-order valence-electron chi connectivity index (χ1n) is 10.5. The van der Waals surface area contributed by atoms with E-state index in [1.807, 2.05) is 0 Å². The number of anilines is 1. The molecule has 0 bridgehead atoms. The highest BCUT2D eigenvalue weighted by Crippen LogP contribution is 2.38. The van der Waals surface area contributed by atoms with Crippen LogP contribution < -0.4 is 10.1 Å². The molecular formula is C22H17ClF2N6O6. The number of aromatic nitrogens is 5. The summed E-state index contributed by atoms with van der Waals surface area (Å²) in [5, 5.41) is 18.3. The molecule has 1 aliphatic rings. The molecule has 192 valence electrons. The number of ether oxygens (including phenoxy) is 2. The summed E-state index contributed by atoms with van der Waals surface area (Å²) in [6.45, 7) is -3.14. The van der Waals surface area contributed by atoms with Gasteiger partial charge in [-0.05, 0) is 24.3 Å². The molecule has 2 N–H and O–H groups in total. The number of nitrogens with zero attached hydrogens (tertiary/aromatic N) is 5. The minimum absolute atomic E-state index is 0.0793. The van der Waals surface area contributed by atoms with Gasteiger partial charge in [0.15, 0.2) is 11.7 Å². The average Bonchev–Trinajstić information content (AvgIpc) is 3.58. The summed E-state index contributed by atoms with van der Waals surface area (Å²) in [5.41, 5.74) is 0.815. The Labute approximate surface area is 211 Å². The molecule has 0 aliphatic carbocycles. The van der Waals surface area contributed by atoms with Gasteiger partial charge in [-0.25, -0.2) is 14.3 Å². The SMILES string of the molecule is O=C(Nc1cn(C2CCOC2=O)nc1-c1cc(Cl)ccc1OC(F)F)c1cnn2cccnc12.O=CO. The molecule has 12 nitrogen and oxygen atoms in total. The predicted molar refractivity (Wildman–Crippen MR) is 124 cm³/mol. The Hall–Kier alpha value is -4.59. The van der Waals surface area contributed by atoms with Crippen LogP contribution in [0.4, 0.5) is 14.5 Å².